The summed E-state index contributed by atoms with van der Waals surface area (Å²) in [5.74, 6) is -1.38. The van der Waals surface area contributed by atoms with E-state index in [0.717, 1.165) is 72.8 Å². The highest BCUT2D eigenvalue weighted by molar-refractivity contribution is 14.1. The van der Waals surface area contributed by atoms with Crippen molar-refractivity contribution >= 4 is 46.1 Å². The molecule has 2 aromatic rings. The van der Waals surface area contributed by atoms with Gasteiger partial charge in [0.2, 0.25) is 11.8 Å². The summed E-state index contributed by atoms with van der Waals surface area (Å²) < 4.78 is 6.05. The molecule has 2 amide bonds. The normalized spacial score (nSPS) is 23.7. The second-order valence-electron chi connectivity index (χ2n) is 12.4. The number of carbonyl (C=O) groups excluding carboxylic acids is 2. The van der Waals surface area contributed by atoms with Crippen LogP contribution in [0.4, 0.5) is 0 Å². The van der Waals surface area contributed by atoms with Gasteiger partial charge in [-0.1, -0.05) is 74.6 Å². The lowest BCUT2D eigenvalue weighted by Crippen LogP contribution is -2.42. The van der Waals surface area contributed by atoms with Crippen molar-refractivity contribution in [3.8, 4) is 11.5 Å². The third-order valence-electron chi connectivity index (χ3n) is 9.71. The molecule has 3 N–H and O–H groups in total. The number of rotatable bonds is 11. The average molecular weight is 714 g/mol. The molecule has 0 unspecified atom stereocenters. The van der Waals surface area contributed by atoms with Gasteiger partial charge in [-0.15, -0.1) is 0 Å². The summed E-state index contributed by atoms with van der Waals surface area (Å²) in [6.07, 6.45) is 9.08. The van der Waals surface area contributed by atoms with Crippen LogP contribution >= 0.6 is 22.6 Å². The van der Waals surface area contributed by atoms with Crippen LogP contribution in [0.2, 0.25) is 0 Å². The van der Waals surface area contributed by atoms with Crippen LogP contribution in [0.5, 0.6) is 11.5 Å². The summed E-state index contributed by atoms with van der Waals surface area (Å²) in [5.41, 5.74) is 4.68. The predicted octanol–water partition coefficient (Wildman–Crippen LogP) is 6.73. The van der Waals surface area contributed by atoms with Gasteiger partial charge in [-0.2, -0.15) is 0 Å². The number of halogens is 1. The fourth-order valence-corrected chi connectivity index (χ4v) is 8.28. The Kier molecular flexibility index (Phi) is 10.9. The largest absolute Gasteiger partial charge is 0.504 e. The Labute approximate surface area is 274 Å². The molecule has 1 aliphatic heterocycles. The van der Waals surface area contributed by atoms with E-state index >= 15 is 0 Å². The molecule has 2 aromatic carbocycles. The highest BCUT2D eigenvalue weighted by Gasteiger charge is 2.56. The lowest BCUT2D eigenvalue weighted by atomic mass is 9.67. The highest BCUT2D eigenvalue weighted by Crippen LogP contribution is 2.48. The number of methoxy groups -OCH3 is 1. The van der Waals surface area contributed by atoms with E-state index < -0.39 is 23.9 Å². The number of ether oxygens (including phenoxy) is 1. The number of allylic oxidation sites excluding steroid dienone is 2. The molecule has 0 aromatic heterocycles. The van der Waals surface area contributed by atoms with Crippen LogP contribution in [0, 0.1) is 21.3 Å². The first-order valence-electron chi connectivity index (χ1n) is 16.0. The van der Waals surface area contributed by atoms with E-state index in [4.69, 9.17) is 4.74 Å². The summed E-state index contributed by atoms with van der Waals surface area (Å²) >= 11 is 2.08. The van der Waals surface area contributed by atoms with E-state index in [1.165, 1.54) is 7.11 Å². The fourth-order valence-electron chi connectivity index (χ4n) is 7.65. The number of fused-ring (bicyclic) bond motifs is 1. The van der Waals surface area contributed by atoms with Crippen LogP contribution in [0.3, 0.4) is 0 Å². The van der Waals surface area contributed by atoms with Crippen LogP contribution in [-0.2, 0) is 9.59 Å². The molecule has 236 valence electrons. The maximum Gasteiger partial charge on any atom is 0.234 e. The third-order valence-corrected chi connectivity index (χ3v) is 10.5. The van der Waals surface area contributed by atoms with Crippen molar-refractivity contribution in [1.82, 2.24) is 4.90 Å². The van der Waals surface area contributed by atoms with Gasteiger partial charge in [-0.05, 0) is 95.5 Å². The third kappa shape index (κ3) is 6.63. The van der Waals surface area contributed by atoms with E-state index in [0.29, 0.717) is 28.6 Å². The minimum Gasteiger partial charge on any atom is -0.504 e. The quantitative estimate of drug-likeness (QED) is 0.103. The van der Waals surface area contributed by atoms with Gasteiger partial charge in [-0.3, -0.25) is 14.5 Å². The molecule has 7 nitrogen and oxygen atoms in total. The van der Waals surface area contributed by atoms with E-state index in [-0.39, 0.29) is 30.2 Å². The maximum absolute atomic E-state index is 13.9. The number of phenolic OH excluding ortho intramolecular Hbond substituents is 1. The number of carbonyl (C=O) groups is 2. The van der Waals surface area contributed by atoms with Gasteiger partial charge < -0.3 is 20.1 Å². The van der Waals surface area contributed by atoms with Crippen LogP contribution < -0.4 is 4.74 Å². The zero-order chi connectivity index (χ0) is 31.4. The summed E-state index contributed by atoms with van der Waals surface area (Å²) in [4.78, 5) is 29.1. The number of hydrogen-bond acceptors (Lipinski definition) is 6. The first-order valence-corrected chi connectivity index (χ1v) is 17.1. The monoisotopic (exact) mass is 713 g/mol. The number of imide groups is 1. The molecule has 4 atom stereocenters. The number of benzene rings is 2. The van der Waals surface area contributed by atoms with E-state index in [2.05, 4.69) is 35.6 Å². The van der Waals surface area contributed by atoms with Gasteiger partial charge in [0.25, 0.3) is 0 Å². The number of likely N-dealkylation sites (tertiary alicyclic amines) is 1. The Balaban J connectivity index is 1.44. The SMILES string of the molecule is CCCC1=C([C@H](O)CC/C(=C/c2cc(I)c(O)c(OC)c2)c2ccccc2)[C@H](CO)[C@@H]2C(=O)N(C3CCCCC3)C(=O)[C@@H]2C1. The zero-order valence-corrected chi connectivity index (χ0v) is 27.8. The van der Waals surface area contributed by atoms with Gasteiger partial charge in [0, 0.05) is 12.0 Å². The molecule has 1 heterocycles. The standard InChI is InChI=1S/C36H44INO6/c1-3-10-25-20-27-33(36(43)38(35(27)42)26-13-8-5-9-14-26)28(21-39)32(25)30(40)16-15-24(23-11-6-4-7-12-23)17-22-18-29(37)34(41)31(19-22)44-2/h4,6-7,11-12,17-19,26-28,30,33,39-41H,3,5,8-10,13-16,20-21H2,1-2H3/b24-17-/t27-,28+,30-,33-/m1/s1. The Morgan fingerprint density at radius 3 is 2.50 bits per heavy atom. The Morgan fingerprint density at radius 1 is 1.11 bits per heavy atom. The molecule has 0 spiro atoms. The second-order valence-corrected chi connectivity index (χ2v) is 13.6. The lowest BCUT2D eigenvalue weighted by molar-refractivity contribution is -0.143. The van der Waals surface area contributed by atoms with Gasteiger partial charge >= 0.3 is 0 Å². The van der Waals surface area contributed by atoms with Crippen molar-refractivity contribution in [2.45, 2.75) is 83.3 Å². The van der Waals surface area contributed by atoms with Crippen molar-refractivity contribution in [2.24, 2.45) is 17.8 Å². The molecule has 2 aliphatic carbocycles. The van der Waals surface area contributed by atoms with Crippen molar-refractivity contribution < 1.29 is 29.6 Å². The molecule has 5 rings (SSSR count). The summed E-state index contributed by atoms with van der Waals surface area (Å²) in [5, 5.41) is 32.9. The van der Waals surface area contributed by atoms with Gasteiger partial charge in [0.15, 0.2) is 11.5 Å². The molecule has 3 aliphatic rings. The van der Waals surface area contributed by atoms with E-state index in [1.54, 1.807) is 11.0 Å². The molecular weight excluding hydrogens is 669 g/mol. The number of nitrogens with zero attached hydrogens (tertiary/aromatic N) is 1. The number of hydrogen-bond donors (Lipinski definition) is 3. The predicted molar refractivity (Wildman–Crippen MR) is 180 cm³/mol. The van der Waals surface area contributed by atoms with Crippen LogP contribution in [0.1, 0.15) is 82.3 Å². The Morgan fingerprint density at radius 2 is 1.84 bits per heavy atom. The minimum absolute atomic E-state index is 0.0446. The van der Waals surface area contributed by atoms with Gasteiger partial charge in [0.1, 0.15) is 0 Å². The molecule has 0 radical (unpaired) electrons. The molecule has 1 saturated heterocycles. The molecule has 8 heteroatoms. The van der Waals surface area contributed by atoms with E-state index in [9.17, 15) is 24.9 Å². The molecular formula is C36H44INO6. The number of phenols is 1. The first kappa shape index (κ1) is 32.7. The smallest absolute Gasteiger partial charge is 0.234 e. The molecule has 44 heavy (non-hydrogen) atoms. The first-order chi connectivity index (χ1) is 21.3. The summed E-state index contributed by atoms with van der Waals surface area (Å²) in [6.45, 7) is 1.81. The number of aliphatic hydroxyl groups is 2. The van der Waals surface area contributed by atoms with E-state index in [1.807, 2.05) is 36.4 Å². The fraction of sp³-hybridized carbons (Fsp3) is 0.500. The van der Waals surface area contributed by atoms with Crippen LogP contribution in [0.25, 0.3) is 11.6 Å². The second kappa shape index (κ2) is 14.6. The number of amides is 2. The summed E-state index contributed by atoms with van der Waals surface area (Å²) in [6, 6.07) is 13.6. The highest BCUT2D eigenvalue weighted by atomic mass is 127. The zero-order valence-electron chi connectivity index (χ0n) is 25.7. The Hall–Kier alpha value is -2.69. The number of aliphatic hydroxyl groups excluding tert-OH is 2. The topological polar surface area (TPSA) is 107 Å². The minimum atomic E-state index is -0.858. The van der Waals surface area contributed by atoms with Crippen molar-refractivity contribution in [1.29, 1.82) is 0 Å². The van der Waals surface area contributed by atoms with Crippen molar-refractivity contribution in [3.63, 3.8) is 0 Å². The van der Waals surface area contributed by atoms with Crippen LogP contribution in [0.15, 0.2) is 53.6 Å². The lowest BCUT2D eigenvalue weighted by Gasteiger charge is -2.36. The van der Waals surface area contributed by atoms with Gasteiger partial charge in [-0.25, -0.2) is 0 Å². The van der Waals surface area contributed by atoms with Crippen molar-refractivity contribution in [3.05, 3.63) is 68.3 Å². The van der Waals surface area contributed by atoms with Gasteiger partial charge in [0.05, 0.1) is 35.2 Å². The average Bonchev–Trinajstić information content (AvgIpc) is 3.29. The number of aromatic hydroxyl groups is 1. The van der Waals surface area contributed by atoms with Crippen molar-refractivity contribution in [2.75, 3.05) is 13.7 Å². The summed E-state index contributed by atoms with van der Waals surface area (Å²) in [7, 11) is 1.53. The molecule has 1 saturated carbocycles. The maximum atomic E-state index is 13.9. The van der Waals surface area contributed by atoms with Crippen LogP contribution in [-0.4, -0.2) is 57.9 Å². The Bertz CT molecular complexity index is 1410. The molecule has 0 bridgehead atoms. The molecule has 2 fully saturated rings.